The molecule has 0 amide bonds. The molecule has 0 aliphatic rings. The van der Waals surface area contributed by atoms with Crippen molar-refractivity contribution in [1.29, 1.82) is 0 Å². The summed E-state index contributed by atoms with van der Waals surface area (Å²) in [5, 5.41) is 3.88. The van der Waals surface area contributed by atoms with Crippen LogP contribution in [0.2, 0.25) is 0 Å². The van der Waals surface area contributed by atoms with Gasteiger partial charge in [-0.3, -0.25) is 0 Å². The zero-order valence-electron chi connectivity index (χ0n) is 8.33. The van der Waals surface area contributed by atoms with Crippen LogP contribution in [0.4, 0.5) is 5.95 Å². The van der Waals surface area contributed by atoms with Gasteiger partial charge in [-0.05, 0) is 35.3 Å². The van der Waals surface area contributed by atoms with E-state index in [4.69, 9.17) is 0 Å². The Morgan fingerprint density at radius 3 is 2.71 bits per heavy atom. The lowest BCUT2D eigenvalue weighted by molar-refractivity contribution is 0.844. The number of nitrogens with zero attached hydrogens (tertiary/aromatic N) is 2. The molecule has 0 radical (unpaired) electrons. The molecule has 1 unspecified atom stereocenters. The number of thioether (sulfide) groups is 1. The second-order valence-corrected chi connectivity index (χ2v) is 5.51. The molecule has 5 heteroatoms. The van der Waals surface area contributed by atoms with E-state index < -0.39 is 0 Å². The van der Waals surface area contributed by atoms with Gasteiger partial charge in [0.25, 0.3) is 0 Å². The van der Waals surface area contributed by atoms with E-state index in [2.05, 4.69) is 51.1 Å². The molecule has 0 fully saturated rings. The largest absolute Gasteiger partial charge is 0.354 e. The van der Waals surface area contributed by atoms with Crippen molar-refractivity contribution in [3.63, 3.8) is 0 Å². The van der Waals surface area contributed by atoms with Crippen LogP contribution in [0.25, 0.3) is 0 Å². The van der Waals surface area contributed by atoms with Gasteiger partial charge in [0, 0.05) is 27.8 Å². The third-order valence-electron chi connectivity index (χ3n) is 1.86. The van der Waals surface area contributed by atoms with Crippen LogP contribution in [-0.4, -0.2) is 28.0 Å². The minimum absolute atomic E-state index is 0.686. The lowest BCUT2D eigenvalue weighted by Gasteiger charge is -2.08. The fourth-order valence-corrected chi connectivity index (χ4v) is 1.54. The zero-order chi connectivity index (χ0) is 10.4. The van der Waals surface area contributed by atoms with Gasteiger partial charge in [-0.1, -0.05) is 6.92 Å². The molecule has 1 atom stereocenters. The molecule has 1 rings (SSSR count). The zero-order valence-corrected chi connectivity index (χ0v) is 11.3. The predicted molar refractivity (Wildman–Crippen MR) is 70.8 cm³/mol. The fraction of sp³-hybridized carbons (Fsp3) is 0.556. The van der Waals surface area contributed by atoms with Crippen molar-refractivity contribution >= 4 is 40.3 Å². The predicted octanol–water partition coefficient (Wildman–Crippen LogP) is 2.63. The Hall–Kier alpha value is -0.0400. The summed E-state index contributed by atoms with van der Waals surface area (Å²) in [6.07, 6.45) is 6.89. The number of aromatic nitrogens is 2. The number of hydrogen-bond donors (Lipinski definition) is 1. The molecule has 0 saturated carbocycles. The second-order valence-electron chi connectivity index (χ2n) is 2.99. The van der Waals surface area contributed by atoms with Crippen LogP contribution >= 0.6 is 34.4 Å². The number of halogens is 1. The number of rotatable bonds is 5. The summed E-state index contributed by atoms with van der Waals surface area (Å²) in [4.78, 5) is 8.33. The van der Waals surface area contributed by atoms with Crippen molar-refractivity contribution in [3.8, 4) is 0 Å². The highest BCUT2D eigenvalue weighted by molar-refractivity contribution is 14.1. The van der Waals surface area contributed by atoms with E-state index in [-0.39, 0.29) is 0 Å². The second kappa shape index (κ2) is 6.44. The van der Waals surface area contributed by atoms with E-state index >= 15 is 0 Å². The molecule has 1 N–H and O–H groups in total. The minimum atomic E-state index is 0.686. The molecule has 0 saturated heterocycles. The Labute approximate surface area is 103 Å². The Morgan fingerprint density at radius 2 is 2.14 bits per heavy atom. The van der Waals surface area contributed by atoms with Gasteiger partial charge in [0.2, 0.25) is 5.95 Å². The lowest BCUT2D eigenvalue weighted by atomic mass is 10.3. The quantitative estimate of drug-likeness (QED) is 0.846. The minimum Gasteiger partial charge on any atom is -0.354 e. The van der Waals surface area contributed by atoms with Crippen molar-refractivity contribution in [2.24, 2.45) is 0 Å². The van der Waals surface area contributed by atoms with Crippen LogP contribution in [0.15, 0.2) is 12.4 Å². The standard InChI is InChI=1S/C9H14IN3S/c1-7(14-2)3-4-11-9-12-5-8(10)6-13-9/h5-7H,3-4H2,1-2H3,(H,11,12,13). The molecule has 3 nitrogen and oxygen atoms in total. The molecule has 0 aromatic carbocycles. The maximum atomic E-state index is 4.16. The number of hydrogen-bond acceptors (Lipinski definition) is 4. The SMILES string of the molecule is CSC(C)CCNc1ncc(I)cn1. The summed E-state index contributed by atoms with van der Waals surface area (Å²) in [5.74, 6) is 0.721. The number of nitrogens with one attached hydrogen (secondary N) is 1. The first-order valence-electron chi connectivity index (χ1n) is 4.46. The van der Waals surface area contributed by atoms with Gasteiger partial charge >= 0.3 is 0 Å². The summed E-state index contributed by atoms with van der Waals surface area (Å²) in [6, 6.07) is 0. The summed E-state index contributed by atoms with van der Waals surface area (Å²) in [5.41, 5.74) is 0. The van der Waals surface area contributed by atoms with Gasteiger partial charge in [0.15, 0.2) is 0 Å². The average Bonchev–Trinajstić information content (AvgIpc) is 2.21. The van der Waals surface area contributed by atoms with Crippen LogP contribution in [-0.2, 0) is 0 Å². The molecule has 14 heavy (non-hydrogen) atoms. The first kappa shape index (κ1) is 12.0. The van der Waals surface area contributed by atoms with Gasteiger partial charge < -0.3 is 5.32 Å². The van der Waals surface area contributed by atoms with Crippen LogP contribution in [0.3, 0.4) is 0 Å². The van der Waals surface area contributed by atoms with Crippen molar-refractivity contribution in [2.75, 3.05) is 18.1 Å². The van der Waals surface area contributed by atoms with E-state index in [1.54, 1.807) is 0 Å². The molecule has 1 aromatic rings. The topological polar surface area (TPSA) is 37.8 Å². The highest BCUT2D eigenvalue weighted by Gasteiger charge is 1.99. The third-order valence-corrected chi connectivity index (χ3v) is 3.45. The highest BCUT2D eigenvalue weighted by Crippen LogP contribution is 2.09. The Balaban J connectivity index is 2.28. The summed E-state index contributed by atoms with van der Waals surface area (Å²) in [7, 11) is 0. The van der Waals surface area contributed by atoms with E-state index in [1.165, 1.54) is 0 Å². The van der Waals surface area contributed by atoms with Gasteiger partial charge in [0.1, 0.15) is 0 Å². The molecule has 0 bridgehead atoms. The summed E-state index contributed by atoms with van der Waals surface area (Å²) < 4.78 is 1.06. The summed E-state index contributed by atoms with van der Waals surface area (Å²) >= 11 is 4.08. The van der Waals surface area contributed by atoms with Crippen LogP contribution in [0.5, 0.6) is 0 Å². The van der Waals surface area contributed by atoms with Crippen molar-refractivity contribution in [3.05, 3.63) is 16.0 Å². The molecule has 0 aliphatic carbocycles. The average molecular weight is 323 g/mol. The molecule has 0 spiro atoms. The van der Waals surface area contributed by atoms with Crippen LogP contribution < -0.4 is 5.32 Å². The van der Waals surface area contributed by atoms with E-state index in [0.29, 0.717) is 5.25 Å². The third kappa shape index (κ3) is 4.45. The van der Waals surface area contributed by atoms with Gasteiger partial charge in [-0.25, -0.2) is 9.97 Å². The van der Waals surface area contributed by atoms with Gasteiger partial charge in [-0.15, -0.1) is 0 Å². The van der Waals surface area contributed by atoms with Gasteiger partial charge in [-0.2, -0.15) is 11.8 Å². The van der Waals surface area contributed by atoms with E-state index in [0.717, 1.165) is 22.5 Å². The van der Waals surface area contributed by atoms with E-state index in [9.17, 15) is 0 Å². The monoisotopic (exact) mass is 323 g/mol. The molecule has 78 valence electrons. The lowest BCUT2D eigenvalue weighted by Crippen LogP contribution is -2.09. The smallest absolute Gasteiger partial charge is 0.222 e. The molecule has 1 aromatic heterocycles. The highest BCUT2D eigenvalue weighted by atomic mass is 127. The Kier molecular flexibility index (Phi) is 5.54. The summed E-state index contributed by atoms with van der Waals surface area (Å²) in [6.45, 7) is 3.16. The molecular formula is C9H14IN3S. The Morgan fingerprint density at radius 1 is 1.50 bits per heavy atom. The molecule has 0 aliphatic heterocycles. The molecular weight excluding hydrogens is 309 g/mol. The van der Waals surface area contributed by atoms with Crippen LogP contribution in [0, 0.1) is 3.57 Å². The number of anilines is 1. The van der Waals surface area contributed by atoms with E-state index in [1.807, 2.05) is 24.2 Å². The maximum absolute atomic E-state index is 4.16. The van der Waals surface area contributed by atoms with Crippen molar-refractivity contribution < 1.29 is 0 Å². The maximum Gasteiger partial charge on any atom is 0.222 e. The first-order valence-corrected chi connectivity index (χ1v) is 6.83. The molecule has 1 heterocycles. The first-order chi connectivity index (χ1) is 6.72. The Bertz CT molecular complexity index is 265. The fourth-order valence-electron chi connectivity index (χ4n) is 0.909. The van der Waals surface area contributed by atoms with Gasteiger partial charge in [0.05, 0.1) is 0 Å². The normalized spacial score (nSPS) is 12.5. The van der Waals surface area contributed by atoms with Crippen molar-refractivity contribution in [1.82, 2.24) is 9.97 Å². The van der Waals surface area contributed by atoms with Crippen LogP contribution in [0.1, 0.15) is 13.3 Å². The van der Waals surface area contributed by atoms with Crippen molar-refractivity contribution in [2.45, 2.75) is 18.6 Å².